The molecule has 1 aliphatic rings. The molecule has 1 heterocycles. The predicted octanol–water partition coefficient (Wildman–Crippen LogP) is 5.32. The Morgan fingerprint density at radius 2 is 1.71 bits per heavy atom. The van der Waals surface area contributed by atoms with E-state index in [1.165, 1.54) is 4.57 Å². The Hall–Kier alpha value is -3.38. The summed E-state index contributed by atoms with van der Waals surface area (Å²) in [6.45, 7) is 6.17. The van der Waals surface area contributed by atoms with Gasteiger partial charge in [-0.25, -0.2) is 0 Å². The maximum Gasteiger partial charge on any atom is 0.268 e. The number of fused-ring (bicyclic) bond motifs is 1. The van der Waals surface area contributed by atoms with Crippen LogP contribution in [0, 0.1) is 5.41 Å². The number of amides is 1. The minimum atomic E-state index is -0.455. The van der Waals surface area contributed by atoms with Crippen molar-refractivity contribution < 1.29 is 14.3 Å². The number of aromatic nitrogens is 1. The Morgan fingerprint density at radius 3 is 2.29 bits per heavy atom. The number of ketones is 1. The second-order valence-corrected chi connectivity index (χ2v) is 9.67. The van der Waals surface area contributed by atoms with Crippen LogP contribution in [0.4, 0.5) is 5.69 Å². The van der Waals surface area contributed by atoms with E-state index in [-0.39, 0.29) is 16.8 Å². The first-order chi connectivity index (χ1) is 16.1. The molecular formula is C27H27ClN2O4. The van der Waals surface area contributed by atoms with Crippen molar-refractivity contribution in [2.24, 2.45) is 5.41 Å². The first-order valence-electron chi connectivity index (χ1n) is 11.2. The monoisotopic (exact) mass is 478 g/mol. The van der Waals surface area contributed by atoms with Gasteiger partial charge in [0.2, 0.25) is 0 Å². The normalized spacial score (nSPS) is 14.4. The number of rotatable bonds is 5. The number of pyridine rings is 1. The lowest BCUT2D eigenvalue weighted by Crippen LogP contribution is -2.41. The summed E-state index contributed by atoms with van der Waals surface area (Å²) in [5, 5.41) is 0.528. The average molecular weight is 479 g/mol. The van der Waals surface area contributed by atoms with Crippen LogP contribution in [-0.4, -0.2) is 29.9 Å². The van der Waals surface area contributed by atoms with Crippen molar-refractivity contribution in [1.82, 2.24) is 4.57 Å². The topological polar surface area (TPSA) is 68.6 Å². The third-order valence-corrected chi connectivity index (χ3v) is 6.43. The maximum absolute atomic E-state index is 13.9. The van der Waals surface area contributed by atoms with Gasteiger partial charge in [0, 0.05) is 41.1 Å². The number of nitrogens with zero attached hydrogens (tertiary/aromatic N) is 2. The summed E-state index contributed by atoms with van der Waals surface area (Å²) < 4.78 is 6.60. The molecule has 0 saturated carbocycles. The van der Waals surface area contributed by atoms with Gasteiger partial charge in [-0.2, -0.15) is 0 Å². The summed E-state index contributed by atoms with van der Waals surface area (Å²) in [6.07, 6.45) is 2.38. The second-order valence-electron chi connectivity index (χ2n) is 9.24. The molecule has 3 aromatic rings. The lowest BCUT2D eigenvalue weighted by Gasteiger charge is -2.32. The predicted molar refractivity (Wildman–Crippen MR) is 134 cm³/mol. The summed E-state index contributed by atoms with van der Waals surface area (Å²) in [6, 6.07) is 13.8. The van der Waals surface area contributed by atoms with Crippen LogP contribution >= 0.6 is 11.6 Å². The molecule has 4 rings (SSSR count). The van der Waals surface area contributed by atoms with Gasteiger partial charge >= 0.3 is 0 Å². The van der Waals surface area contributed by atoms with Crippen molar-refractivity contribution in [1.29, 1.82) is 0 Å². The van der Waals surface area contributed by atoms with E-state index in [1.807, 2.05) is 20.8 Å². The highest BCUT2D eigenvalue weighted by Gasteiger charge is 2.37. The molecule has 0 spiro atoms. The van der Waals surface area contributed by atoms with Gasteiger partial charge in [-0.1, -0.05) is 25.4 Å². The molecule has 1 aliphatic carbocycles. The number of carbonyl (C=O) groups excluding carboxylic acids is 2. The van der Waals surface area contributed by atoms with E-state index < -0.39 is 11.5 Å². The molecule has 176 valence electrons. The molecule has 0 atom stereocenters. The zero-order chi connectivity index (χ0) is 24.6. The zero-order valence-electron chi connectivity index (χ0n) is 19.7. The number of carbonyl (C=O) groups is 2. The van der Waals surface area contributed by atoms with Gasteiger partial charge in [0.05, 0.1) is 7.11 Å². The molecule has 2 aromatic carbocycles. The number of anilines is 1. The van der Waals surface area contributed by atoms with Gasteiger partial charge in [0.15, 0.2) is 5.78 Å². The molecule has 0 N–H and O–H groups in total. The highest BCUT2D eigenvalue weighted by atomic mass is 35.5. The molecule has 0 unspecified atom stereocenters. The first-order valence-corrected chi connectivity index (χ1v) is 11.6. The molecule has 1 amide bonds. The van der Waals surface area contributed by atoms with Crippen molar-refractivity contribution in [3.05, 3.63) is 86.8 Å². The zero-order valence-corrected chi connectivity index (χ0v) is 20.5. The van der Waals surface area contributed by atoms with Crippen LogP contribution in [0.25, 0.3) is 5.69 Å². The highest BCUT2D eigenvalue weighted by molar-refractivity contribution is 6.30. The van der Waals surface area contributed by atoms with Crippen LogP contribution in [0.15, 0.2) is 59.5 Å². The standard InChI is InChI=1S/C27H27ClN2O4/c1-5-29(18-10-12-20(34-4)13-11-18)25(32)24-21-14-27(2,3)15-23(31)22(21)16-30(26(24)33)19-8-6-17(28)7-9-19/h6-13,16H,5,14-15H2,1-4H3. The van der Waals surface area contributed by atoms with Crippen molar-refractivity contribution in [2.45, 2.75) is 33.6 Å². The Kier molecular flexibility index (Phi) is 6.36. The quantitative estimate of drug-likeness (QED) is 0.497. The van der Waals surface area contributed by atoms with Crippen molar-refractivity contribution in [3.8, 4) is 11.4 Å². The van der Waals surface area contributed by atoms with Crippen LogP contribution < -0.4 is 15.2 Å². The van der Waals surface area contributed by atoms with Gasteiger partial charge in [0.1, 0.15) is 11.3 Å². The van der Waals surface area contributed by atoms with E-state index in [0.29, 0.717) is 52.7 Å². The van der Waals surface area contributed by atoms with E-state index in [9.17, 15) is 14.4 Å². The van der Waals surface area contributed by atoms with Crippen LogP contribution in [0.3, 0.4) is 0 Å². The maximum atomic E-state index is 13.9. The fraction of sp³-hybridized carbons (Fsp3) is 0.296. The molecule has 0 radical (unpaired) electrons. The van der Waals surface area contributed by atoms with Crippen molar-refractivity contribution >= 4 is 29.0 Å². The van der Waals surface area contributed by atoms with Crippen LogP contribution in [0.2, 0.25) is 5.02 Å². The summed E-state index contributed by atoms with van der Waals surface area (Å²) in [5.74, 6) is 0.167. The van der Waals surface area contributed by atoms with E-state index in [0.717, 1.165) is 0 Å². The minimum Gasteiger partial charge on any atom is -0.497 e. The van der Waals surface area contributed by atoms with Gasteiger partial charge in [0.25, 0.3) is 11.5 Å². The lowest BCUT2D eigenvalue weighted by molar-refractivity contribution is 0.0910. The molecule has 7 heteroatoms. The summed E-state index contributed by atoms with van der Waals surface area (Å²) in [5.41, 5.74) is 1.35. The molecule has 6 nitrogen and oxygen atoms in total. The molecule has 0 saturated heterocycles. The summed E-state index contributed by atoms with van der Waals surface area (Å²) in [7, 11) is 1.58. The van der Waals surface area contributed by atoms with E-state index in [4.69, 9.17) is 16.3 Å². The SMILES string of the molecule is CCN(C(=O)c1c2c(cn(-c3ccc(Cl)cc3)c1=O)C(=O)CC(C)(C)C2)c1ccc(OC)cc1. The molecule has 0 bridgehead atoms. The number of halogens is 1. The number of ether oxygens (including phenoxy) is 1. The Morgan fingerprint density at radius 1 is 1.06 bits per heavy atom. The first kappa shape index (κ1) is 23.8. The van der Waals surface area contributed by atoms with Gasteiger partial charge < -0.3 is 9.64 Å². The highest BCUT2D eigenvalue weighted by Crippen LogP contribution is 2.36. The van der Waals surface area contributed by atoms with Crippen LogP contribution in [0.5, 0.6) is 5.75 Å². The molecular weight excluding hydrogens is 452 g/mol. The molecule has 0 fully saturated rings. The molecule has 1 aromatic heterocycles. The largest absolute Gasteiger partial charge is 0.497 e. The third kappa shape index (κ3) is 4.38. The average Bonchev–Trinajstić information content (AvgIpc) is 2.79. The van der Waals surface area contributed by atoms with Crippen LogP contribution in [0.1, 0.15) is 53.5 Å². The lowest BCUT2D eigenvalue weighted by atomic mass is 9.73. The second kappa shape index (κ2) is 9.11. The third-order valence-electron chi connectivity index (χ3n) is 6.18. The molecule has 0 aliphatic heterocycles. The fourth-order valence-corrected chi connectivity index (χ4v) is 4.63. The fourth-order valence-electron chi connectivity index (χ4n) is 4.50. The van der Waals surface area contributed by atoms with Crippen LogP contribution in [-0.2, 0) is 6.42 Å². The number of hydrogen-bond donors (Lipinski definition) is 0. The number of hydrogen-bond acceptors (Lipinski definition) is 4. The van der Waals surface area contributed by atoms with Gasteiger partial charge in [-0.15, -0.1) is 0 Å². The molecule has 34 heavy (non-hydrogen) atoms. The Bertz CT molecular complexity index is 1310. The van der Waals surface area contributed by atoms with E-state index in [2.05, 4.69) is 0 Å². The van der Waals surface area contributed by atoms with Crippen molar-refractivity contribution in [2.75, 3.05) is 18.6 Å². The van der Waals surface area contributed by atoms with E-state index >= 15 is 0 Å². The Balaban J connectivity index is 1.93. The summed E-state index contributed by atoms with van der Waals surface area (Å²) in [4.78, 5) is 42.4. The number of benzene rings is 2. The summed E-state index contributed by atoms with van der Waals surface area (Å²) >= 11 is 6.03. The van der Waals surface area contributed by atoms with Gasteiger partial charge in [-0.3, -0.25) is 19.0 Å². The van der Waals surface area contributed by atoms with Crippen molar-refractivity contribution in [3.63, 3.8) is 0 Å². The van der Waals surface area contributed by atoms with E-state index in [1.54, 1.807) is 66.7 Å². The Labute approximate surface area is 203 Å². The smallest absolute Gasteiger partial charge is 0.268 e. The number of Topliss-reactive ketones (excluding diaryl/α,β-unsaturated/α-hetero) is 1. The van der Waals surface area contributed by atoms with Gasteiger partial charge in [-0.05, 0) is 72.9 Å². The number of methoxy groups -OCH3 is 1. The minimum absolute atomic E-state index is 0.0336.